The van der Waals surface area contributed by atoms with Gasteiger partial charge in [0.25, 0.3) is 0 Å². The zero-order valence-electron chi connectivity index (χ0n) is 12.8. The fourth-order valence-electron chi connectivity index (χ4n) is 2.32. The first kappa shape index (κ1) is 16.0. The molecule has 0 bridgehead atoms. The monoisotopic (exact) mass is 265 g/mol. The van der Waals surface area contributed by atoms with Gasteiger partial charge in [0.2, 0.25) is 0 Å². The van der Waals surface area contributed by atoms with E-state index in [0.29, 0.717) is 18.3 Å². The van der Waals surface area contributed by atoms with Crippen molar-refractivity contribution in [3.63, 3.8) is 0 Å². The number of hydrogen-bond acceptors (Lipinski definition) is 3. The fourth-order valence-corrected chi connectivity index (χ4v) is 2.32. The molecule has 1 unspecified atom stereocenters. The molecule has 1 atom stereocenters. The highest BCUT2D eigenvalue weighted by atomic mass is 16.5. The minimum absolute atomic E-state index is 0.193. The number of aryl methyl sites for hydroxylation is 1. The summed E-state index contributed by atoms with van der Waals surface area (Å²) < 4.78 is 5.19. The van der Waals surface area contributed by atoms with Gasteiger partial charge < -0.3 is 9.84 Å². The number of hydrogen-bond donors (Lipinski definition) is 1. The molecule has 1 aromatic carbocycles. The lowest BCUT2D eigenvalue weighted by atomic mass is 10.0. The van der Waals surface area contributed by atoms with Gasteiger partial charge in [-0.25, -0.2) is 0 Å². The molecule has 0 fully saturated rings. The predicted molar refractivity (Wildman–Crippen MR) is 79.5 cm³/mol. The van der Waals surface area contributed by atoms with Crippen LogP contribution in [0.15, 0.2) is 18.2 Å². The van der Waals surface area contributed by atoms with E-state index in [-0.39, 0.29) is 6.04 Å². The normalized spacial score (nSPS) is 13.2. The summed E-state index contributed by atoms with van der Waals surface area (Å²) in [6.07, 6.45) is 0. The smallest absolute Gasteiger partial charge is 0.120 e. The van der Waals surface area contributed by atoms with Crippen LogP contribution in [0.2, 0.25) is 0 Å². The Morgan fingerprint density at radius 2 is 1.95 bits per heavy atom. The van der Waals surface area contributed by atoms with Crippen molar-refractivity contribution < 1.29 is 9.84 Å². The number of phenols is 1. The van der Waals surface area contributed by atoms with Gasteiger partial charge in [0.1, 0.15) is 5.75 Å². The molecule has 108 valence electrons. The molecule has 0 saturated heterocycles. The molecule has 0 amide bonds. The fraction of sp³-hybridized carbons (Fsp3) is 0.625. The second-order valence-corrected chi connectivity index (χ2v) is 5.62. The lowest BCUT2D eigenvalue weighted by Crippen LogP contribution is -2.33. The number of rotatable bonds is 7. The molecule has 1 aromatic rings. The van der Waals surface area contributed by atoms with Gasteiger partial charge >= 0.3 is 0 Å². The molecule has 0 aliphatic carbocycles. The number of nitrogens with zero attached hydrogens (tertiary/aromatic N) is 1. The summed E-state index contributed by atoms with van der Waals surface area (Å²) in [5, 5.41) is 10.1. The van der Waals surface area contributed by atoms with Crippen molar-refractivity contribution in [2.24, 2.45) is 5.92 Å². The third kappa shape index (κ3) is 4.84. The van der Waals surface area contributed by atoms with Crippen molar-refractivity contribution in [2.75, 3.05) is 26.8 Å². The van der Waals surface area contributed by atoms with Crippen LogP contribution in [0.1, 0.15) is 37.9 Å². The molecule has 0 aliphatic heterocycles. The second kappa shape index (κ2) is 7.51. The predicted octanol–water partition coefficient (Wildman–Crippen LogP) is 3.37. The molecule has 3 nitrogen and oxygen atoms in total. The standard InChI is InChI=1S/C16H27NO2/c1-12(2)11-17(8-9-19-5)14(4)15-7-6-13(3)10-16(15)18/h6-7,10,12,14,18H,8-9,11H2,1-5H3. The van der Waals surface area contributed by atoms with Gasteiger partial charge in [-0.1, -0.05) is 26.0 Å². The number of methoxy groups -OCH3 is 1. The van der Waals surface area contributed by atoms with Gasteiger partial charge in [-0.15, -0.1) is 0 Å². The summed E-state index contributed by atoms with van der Waals surface area (Å²) in [6.45, 7) is 11.1. The Bertz CT molecular complexity index is 390. The van der Waals surface area contributed by atoms with E-state index in [4.69, 9.17) is 4.74 Å². The zero-order chi connectivity index (χ0) is 14.4. The summed E-state index contributed by atoms with van der Waals surface area (Å²) in [6, 6.07) is 6.10. The summed E-state index contributed by atoms with van der Waals surface area (Å²) >= 11 is 0. The largest absolute Gasteiger partial charge is 0.508 e. The molecule has 0 heterocycles. The Balaban J connectivity index is 2.87. The van der Waals surface area contributed by atoms with Crippen LogP contribution >= 0.6 is 0 Å². The van der Waals surface area contributed by atoms with Gasteiger partial charge in [-0.2, -0.15) is 0 Å². The van der Waals surface area contributed by atoms with Crippen LogP contribution in [0.5, 0.6) is 5.75 Å². The Kier molecular flexibility index (Phi) is 6.32. The van der Waals surface area contributed by atoms with E-state index in [0.717, 1.165) is 24.2 Å². The molecular weight excluding hydrogens is 238 g/mol. The molecule has 1 rings (SSSR count). The number of benzene rings is 1. The van der Waals surface area contributed by atoms with Crippen LogP contribution in [0.25, 0.3) is 0 Å². The highest BCUT2D eigenvalue weighted by Gasteiger charge is 2.19. The molecule has 0 radical (unpaired) electrons. The lowest BCUT2D eigenvalue weighted by Gasteiger charge is -2.31. The first-order valence-corrected chi connectivity index (χ1v) is 6.98. The van der Waals surface area contributed by atoms with Crippen molar-refractivity contribution in [3.8, 4) is 5.75 Å². The van der Waals surface area contributed by atoms with Crippen molar-refractivity contribution in [2.45, 2.75) is 33.7 Å². The van der Waals surface area contributed by atoms with Crippen molar-refractivity contribution in [1.29, 1.82) is 0 Å². The van der Waals surface area contributed by atoms with E-state index < -0.39 is 0 Å². The van der Waals surface area contributed by atoms with E-state index in [1.54, 1.807) is 7.11 Å². The second-order valence-electron chi connectivity index (χ2n) is 5.62. The maximum atomic E-state index is 10.1. The van der Waals surface area contributed by atoms with Gasteiger partial charge in [0.15, 0.2) is 0 Å². The van der Waals surface area contributed by atoms with Crippen LogP contribution in [0, 0.1) is 12.8 Å². The maximum absolute atomic E-state index is 10.1. The van der Waals surface area contributed by atoms with E-state index in [1.165, 1.54) is 0 Å². The lowest BCUT2D eigenvalue weighted by molar-refractivity contribution is 0.114. The van der Waals surface area contributed by atoms with Gasteiger partial charge in [-0.05, 0) is 31.4 Å². The van der Waals surface area contributed by atoms with Crippen molar-refractivity contribution >= 4 is 0 Å². The Morgan fingerprint density at radius 3 is 2.47 bits per heavy atom. The average molecular weight is 265 g/mol. The van der Waals surface area contributed by atoms with E-state index in [9.17, 15) is 5.11 Å². The van der Waals surface area contributed by atoms with Crippen LogP contribution in [-0.4, -0.2) is 36.8 Å². The third-order valence-electron chi connectivity index (χ3n) is 3.37. The molecule has 1 N–H and O–H groups in total. The third-order valence-corrected chi connectivity index (χ3v) is 3.37. The Labute approximate surface area is 117 Å². The number of ether oxygens (including phenoxy) is 1. The summed E-state index contributed by atoms with van der Waals surface area (Å²) in [5.74, 6) is 0.977. The van der Waals surface area contributed by atoms with Crippen LogP contribution < -0.4 is 0 Å². The first-order valence-electron chi connectivity index (χ1n) is 6.98. The molecule has 0 saturated carbocycles. The van der Waals surface area contributed by atoms with Gasteiger partial charge in [0.05, 0.1) is 6.61 Å². The summed E-state index contributed by atoms with van der Waals surface area (Å²) in [5.41, 5.74) is 2.07. The Hall–Kier alpha value is -1.06. The van der Waals surface area contributed by atoms with Crippen LogP contribution in [-0.2, 0) is 4.74 Å². The first-order chi connectivity index (χ1) is 8.95. The zero-order valence-corrected chi connectivity index (χ0v) is 12.8. The van der Waals surface area contributed by atoms with Gasteiger partial charge in [-0.3, -0.25) is 4.90 Å². The van der Waals surface area contributed by atoms with Gasteiger partial charge in [0, 0.05) is 31.8 Å². The number of phenolic OH excluding ortho intramolecular Hbond substituents is 1. The Morgan fingerprint density at radius 1 is 1.26 bits per heavy atom. The topological polar surface area (TPSA) is 32.7 Å². The minimum atomic E-state index is 0.193. The van der Waals surface area contributed by atoms with Crippen LogP contribution in [0.4, 0.5) is 0 Å². The average Bonchev–Trinajstić information content (AvgIpc) is 2.33. The number of aromatic hydroxyl groups is 1. The molecule has 0 aliphatic rings. The quantitative estimate of drug-likeness (QED) is 0.820. The molecule has 3 heteroatoms. The maximum Gasteiger partial charge on any atom is 0.120 e. The van der Waals surface area contributed by atoms with Crippen LogP contribution in [0.3, 0.4) is 0 Å². The molecular formula is C16H27NO2. The highest BCUT2D eigenvalue weighted by Crippen LogP contribution is 2.29. The molecule has 19 heavy (non-hydrogen) atoms. The van der Waals surface area contributed by atoms with E-state index in [2.05, 4.69) is 31.7 Å². The SMILES string of the molecule is COCCN(CC(C)C)C(C)c1ccc(C)cc1O. The molecule has 0 spiro atoms. The summed E-state index contributed by atoms with van der Waals surface area (Å²) in [7, 11) is 1.72. The van der Waals surface area contributed by atoms with E-state index in [1.807, 2.05) is 19.1 Å². The van der Waals surface area contributed by atoms with E-state index >= 15 is 0 Å². The van der Waals surface area contributed by atoms with Crippen molar-refractivity contribution in [1.82, 2.24) is 4.90 Å². The summed E-state index contributed by atoms with van der Waals surface area (Å²) in [4.78, 5) is 2.36. The minimum Gasteiger partial charge on any atom is -0.508 e. The highest BCUT2D eigenvalue weighted by molar-refractivity contribution is 5.37. The molecule has 0 aromatic heterocycles. The van der Waals surface area contributed by atoms with Crippen molar-refractivity contribution in [3.05, 3.63) is 29.3 Å².